The van der Waals surface area contributed by atoms with Crippen molar-refractivity contribution < 1.29 is 18.8 Å². The van der Waals surface area contributed by atoms with Gasteiger partial charge in [0.1, 0.15) is 12.7 Å². The van der Waals surface area contributed by atoms with Crippen molar-refractivity contribution in [3.8, 4) is 11.6 Å². The topological polar surface area (TPSA) is 94.0 Å². The molecule has 0 spiro atoms. The van der Waals surface area contributed by atoms with Crippen molar-refractivity contribution in [1.82, 2.24) is 19.9 Å². The molecule has 2 aromatic heterocycles. The number of carboxylic acid groups (broad SMARTS) is 1. The van der Waals surface area contributed by atoms with E-state index < -0.39 is 18.7 Å². The summed E-state index contributed by atoms with van der Waals surface area (Å²) in [5, 5.41) is 17.3. The fourth-order valence-corrected chi connectivity index (χ4v) is 3.48. The first-order valence-corrected chi connectivity index (χ1v) is 8.75. The Kier molecular flexibility index (Phi) is 4.05. The van der Waals surface area contributed by atoms with Crippen LogP contribution in [0, 0.1) is 6.92 Å². The third-order valence-corrected chi connectivity index (χ3v) is 4.99. The molecule has 2 heterocycles. The molecule has 1 aromatic carbocycles. The van der Waals surface area contributed by atoms with Crippen LogP contribution in [0.3, 0.4) is 0 Å². The van der Waals surface area contributed by atoms with Crippen LogP contribution in [-0.4, -0.2) is 31.0 Å². The summed E-state index contributed by atoms with van der Waals surface area (Å²) in [6.45, 7) is 2.95. The summed E-state index contributed by atoms with van der Waals surface area (Å²) in [6.07, 6.45) is 0.489. The number of benzene rings is 1. The van der Waals surface area contributed by atoms with Crippen LogP contribution in [0.15, 0.2) is 34.9 Å². The number of carbonyl (C=O) groups is 1. The Morgan fingerprint density at radius 3 is 2.78 bits per heavy atom. The SMILES string of the molecule is Cc1ccccc1C1(c2noc(-c3cc(C(C)F)n(CC(=O)O)n3)n2)CC1. The molecule has 0 amide bonds. The predicted molar refractivity (Wildman–Crippen MR) is 93.9 cm³/mol. The van der Waals surface area contributed by atoms with Gasteiger partial charge < -0.3 is 9.63 Å². The number of hydrogen-bond acceptors (Lipinski definition) is 5. The van der Waals surface area contributed by atoms with E-state index >= 15 is 0 Å². The van der Waals surface area contributed by atoms with Crippen molar-refractivity contribution in [3.05, 3.63) is 53.0 Å². The molecule has 1 aliphatic carbocycles. The maximum atomic E-state index is 13.8. The lowest BCUT2D eigenvalue weighted by atomic mass is 9.91. The number of nitrogens with zero attached hydrogens (tertiary/aromatic N) is 4. The van der Waals surface area contributed by atoms with Crippen LogP contribution in [0.25, 0.3) is 11.6 Å². The fourth-order valence-electron chi connectivity index (χ4n) is 3.48. The Balaban J connectivity index is 1.70. The second-order valence-electron chi connectivity index (χ2n) is 6.94. The van der Waals surface area contributed by atoms with E-state index in [0.717, 1.165) is 17.5 Å². The Hall–Kier alpha value is -3.03. The number of aromatic nitrogens is 4. The lowest BCUT2D eigenvalue weighted by Crippen LogP contribution is -2.13. The average molecular weight is 370 g/mol. The molecular weight excluding hydrogens is 351 g/mol. The molecule has 1 unspecified atom stereocenters. The highest BCUT2D eigenvalue weighted by Gasteiger charge is 2.50. The minimum atomic E-state index is -1.37. The lowest BCUT2D eigenvalue weighted by molar-refractivity contribution is -0.137. The van der Waals surface area contributed by atoms with E-state index in [1.165, 1.54) is 24.1 Å². The predicted octanol–water partition coefficient (Wildman–Crippen LogP) is 3.44. The smallest absolute Gasteiger partial charge is 0.325 e. The molecule has 7 nitrogen and oxygen atoms in total. The summed E-state index contributed by atoms with van der Waals surface area (Å²) >= 11 is 0. The summed E-state index contributed by atoms with van der Waals surface area (Å²) in [6, 6.07) is 9.57. The second kappa shape index (κ2) is 6.29. The van der Waals surface area contributed by atoms with Gasteiger partial charge in [0.2, 0.25) is 0 Å². The van der Waals surface area contributed by atoms with Gasteiger partial charge in [0.15, 0.2) is 11.5 Å². The van der Waals surface area contributed by atoms with E-state index in [9.17, 15) is 9.18 Å². The first-order valence-electron chi connectivity index (χ1n) is 8.75. The van der Waals surface area contributed by atoms with E-state index in [1.54, 1.807) is 0 Å². The van der Waals surface area contributed by atoms with Crippen LogP contribution < -0.4 is 0 Å². The van der Waals surface area contributed by atoms with Crippen molar-refractivity contribution in [2.24, 2.45) is 0 Å². The van der Waals surface area contributed by atoms with E-state index in [-0.39, 0.29) is 22.7 Å². The quantitative estimate of drug-likeness (QED) is 0.714. The third kappa shape index (κ3) is 3.01. The first-order chi connectivity index (χ1) is 12.9. The highest BCUT2D eigenvalue weighted by Crippen LogP contribution is 2.53. The molecule has 3 aromatic rings. The van der Waals surface area contributed by atoms with Crippen LogP contribution in [0.5, 0.6) is 0 Å². The molecule has 1 fully saturated rings. The van der Waals surface area contributed by atoms with Crippen molar-refractivity contribution >= 4 is 5.97 Å². The van der Waals surface area contributed by atoms with Gasteiger partial charge in [-0.05, 0) is 43.9 Å². The third-order valence-electron chi connectivity index (χ3n) is 4.99. The molecule has 1 saturated carbocycles. The zero-order chi connectivity index (χ0) is 19.2. The van der Waals surface area contributed by atoms with Gasteiger partial charge in [-0.1, -0.05) is 29.4 Å². The van der Waals surface area contributed by atoms with Crippen LogP contribution >= 0.6 is 0 Å². The second-order valence-corrected chi connectivity index (χ2v) is 6.94. The normalized spacial score (nSPS) is 16.3. The maximum Gasteiger partial charge on any atom is 0.325 e. The summed E-state index contributed by atoms with van der Waals surface area (Å²) in [7, 11) is 0. The van der Waals surface area contributed by atoms with E-state index in [0.29, 0.717) is 5.82 Å². The molecule has 0 bridgehead atoms. The number of rotatable bonds is 6. The highest BCUT2D eigenvalue weighted by atomic mass is 19.1. The van der Waals surface area contributed by atoms with Gasteiger partial charge in [-0.15, -0.1) is 0 Å². The number of carboxylic acids is 1. The van der Waals surface area contributed by atoms with E-state index in [1.807, 2.05) is 12.1 Å². The van der Waals surface area contributed by atoms with E-state index in [4.69, 9.17) is 9.63 Å². The molecule has 1 N–H and O–H groups in total. The summed E-state index contributed by atoms with van der Waals surface area (Å²) in [5.74, 6) is -0.361. The Morgan fingerprint density at radius 2 is 2.15 bits per heavy atom. The Bertz CT molecular complexity index is 1000. The van der Waals surface area contributed by atoms with Gasteiger partial charge in [-0.2, -0.15) is 10.1 Å². The Morgan fingerprint density at radius 1 is 1.41 bits per heavy atom. The number of aliphatic carboxylic acids is 1. The largest absolute Gasteiger partial charge is 0.480 e. The monoisotopic (exact) mass is 370 g/mol. The highest BCUT2D eigenvalue weighted by molar-refractivity contribution is 5.66. The molecule has 0 aliphatic heterocycles. The van der Waals surface area contributed by atoms with Crippen molar-refractivity contribution in [2.45, 2.75) is 44.8 Å². The van der Waals surface area contributed by atoms with Gasteiger partial charge >= 0.3 is 5.97 Å². The molecule has 1 atom stereocenters. The molecule has 140 valence electrons. The molecule has 1 aliphatic rings. The number of aryl methyl sites for hydroxylation is 1. The molecule has 4 rings (SSSR count). The van der Waals surface area contributed by atoms with Crippen molar-refractivity contribution in [3.63, 3.8) is 0 Å². The number of hydrogen-bond donors (Lipinski definition) is 1. The van der Waals surface area contributed by atoms with Crippen LogP contribution in [-0.2, 0) is 16.8 Å². The van der Waals surface area contributed by atoms with Crippen molar-refractivity contribution in [2.75, 3.05) is 0 Å². The Labute approximate surface area is 154 Å². The zero-order valence-electron chi connectivity index (χ0n) is 15.0. The molecule has 8 heteroatoms. The van der Waals surface area contributed by atoms with Crippen LogP contribution in [0.1, 0.15) is 48.6 Å². The molecule has 27 heavy (non-hydrogen) atoms. The van der Waals surface area contributed by atoms with Gasteiger partial charge in [0.25, 0.3) is 5.89 Å². The van der Waals surface area contributed by atoms with E-state index in [2.05, 4.69) is 34.3 Å². The average Bonchev–Trinajstić information content (AvgIpc) is 3.07. The van der Waals surface area contributed by atoms with Crippen LogP contribution in [0.4, 0.5) is 4.39 Å². The van der Waals surface area contributed by atoms with Gasteiger partial charge in [0.05, 0.1) is 11.1 Å². The zero-order valence-corrected chi connectivity index (χ0v) is 15.0. The lowest BCUT2D eigenvalue weighted by Gasteiger charge is -2.13. The maximum absolute atomic E-state index is 13.8. The van der Waals surface area contributed by atoms with Crippen LogP contribution in [0.2, 0.25) is 0 Å². The minimum Gasteiger partial charge on any atom is -0.480 e. The summed E-state index contributed by atoms with van der Waals surface area (Å²) in [4.78, 5) is 15.5. The van der Waals surface area contributed by atoms with Gasteiger partial charge in [-0.25, -0.2) is 4.39 Å². The van der Waals surface area contributed by atoms with Gasteiger partial charge in [-0.3, -0.25) is 9.48 Å². The molecule has 0 saturated heterocycles. The first kappa shape index (κ1) is 17.4. The minimum absolute atomic E-state index is 0.159. The number of halogens is 1. The van der Waals surface area contributed by atoms with Gasteiger partial charge in [0, 0.05) is 0 Å². The summed E-state index contributed by atoms with van der Waals surface area (Å²) < 4.78 is 20.3. The molecular formula is C19H19FN4O3. The number of alkyl halides is 1. The fraction of sp³-hybridized carbons (Fsp3) is 0.368. The molecule has 0 radical (unpaired) electrons. The standard InChI is InChI=1S/C19H19FN4O3/c1-11-5-3-4-6-13(11)19(7-8-19)18-21-17(27-23-18)14-9-15(12(2)20)24(22-14)10-16(25)26/h3-6,9,12H,7-8,10H2,1-2H3,(H,25,26). The summed E-state index contributed by atoms with van der Waals surface area (Å²) in [5.41, 5.74) is 2.52. The van der Waals surface area contributed by atoms with Crippen molar-refractivity contribution in [1.29, 1.82) is 0 Å².